The number of hydrogen-bond donors (Lipinski definition) is 0. The second kappa shape index (κ2) is 7.30. The van der Waals surface area contributed by atoms with Gasteiger partial charge in [-0.05, 0) is 12.1 Å². The lowest BCUT2D eigenvalue weighted by atomic mass is 10.0. The molecule has 8 nitrogen and oxygen atoms in total. The van der Waals surface area contributed by atoms with Gasteiger partial charge < -0.3 is 19.1 Å². The molecule has 0 saturated carbocycles. The number of carbonyl (C=O) groups is 1. The lowest BCUT2D eigenvalue weighted by molar-refractivity contribution is 0.0728. The van der Waals surface area contributed by atoms with E-state index < -0.39 is 0 Å². The normalized spacial score (nSPS) is 13.2. The average molecular weight is 379 g/mol. The van der Waals surface area contributed by atoms with Crippen molar-refractivity contribution in [3.63, 3.8) is 0 Å². The van der Waals surface area contributed by atoms with Gasteiger partial charge in [0.15, 0.2) is 0 Å². The van der Waals surface area contributed by atoms with Gasteiger partial charge in [0, 0.05) is 50.6 Å². The van der Waals surface area contributed by atoms with Crippen molar-refractivity contribution >= 4 is 11.9 Å². The number of benzene rings is 1. The quantitative estimate of drug-likeness (QED) is 0.688. The van der Waals surface area contributed by atoms with Crippen LogP contribution in [0.3, 0.4) is 0 Å². The van der Waals surface area contributed by atoms with Gasteiger partial charge >= 0.3 is 0 Å². The summed E-state index contributed by atoms with van der Waals surface area (Å²) in [4.78, 5) is 25.0. The van der Waals surface area contributed by atoms with Gasteiger partial charge in [0.05, 0.1) is 19.2 Å². The van der Waals surface area contributed by atoms with Gasteiger partial charge in [-0.3, -0.25) is 4.79 Å². The molecule has 0 atom stereocenters. The number of hydrogen-bond acceptors (Lipinski definition) is 7. The first-order valence-corrected chi connectivity index (χ1v) is 8.97. The maximum atomic E-state index is 12.9. The van der Waals surface area contributed by atoms with Crippen molar-refractivity contribution < 1.29 is 14.1 Å². The Morgan fingerprint density at radius 3 is 2.75 bits per heavy atom. The number of fused-ring (bicyclic) bond motifs is 1. The predicted octanol–water partition coefficient (Wildman–Crippen LogP) is 2.40. The summed E-state index contributed by atoms with van der Waals surface area (Å²) < 4.78 is 10.8. The third kappa shape index (κ3) is 3.28. The summed E-state index contributed by atoms with van der Waals surface area (Å²) in [5.41, 5.74) is 3.04. The Labute approximate surface area is 162 Å². The molecular weight excluding hydrogens is 358 g/mol. The zero-order valence-corrected chi connectivity index (χ0v) is 16.0. The molecule has 2 aromatic heterocycles. The van der Waals surface area contributed by atoms with Crippen LogP contribution in [0.1, 0.15) is 21.7 Å². The first-order valence-electron chi connectivity index (χ1n) is 8.97. The molecule has 1 aliphatic heterocycles. The molecule has 0 radical (unpaired) electrons. The predicted molar refractivity (Wildman–Crippen MR) is 103 cm³/mol. The van der Waals surface area contributed by atoms with E-state index in [0.717, 1.165) is 28.3 Å². The zero-order chi connectivity index (χ0) is 19.7. The zero-order valence-electron chi connectivity index (χ0n) is 16.0. The third-order valence-electron chi connectivity index (χ3n) is 4.74. The van der Waals surface area contributed by atoms with Crippen LogP contribution in [-0.2, 0) is 13.0 Å². The van der Waals surface area contributed by atoms with Gasteiger partial charge in [0.1, 0.15) is 17.2 Å². The van der Waals surface area contributed by atoms with Gasteiger partial charge in [-0.15, -0.1) is 0 Å². The van der Waals surface area contributed by atoms with E-state index in [1.54, 1.807) is 29.3 Å². The van der Waals surface area contributed by atoms with Gasteiger partial charge in [0.2, 0.25) is 5.95 Å². The number of carbonyl (C=O) groups excluding carboxylic acids is 1. The highest BCUT2D eigenvalue weighted by Crippen LogP contribution is 2.32. The summed E-state index contributed by atoms with van der Waals surface area (Å²) in [5, 5.41) is 4.24. The fourth-order valence-corrected chi connectivity index (χ4v) is 3.22. The van der Waals surface area contributed by atoms with Crippen LogP contribution in [0, 0.1) is 0 Å². The highest BCUT2D eigenvalue weighted by atomic mass is 16.5. The number of rotatable bonds is 4. The van der Waals surface area contributed by atoms with E-state index in [1.807, 2.05) is 38.4 Å². The van der Waals surface area contributed by atoms with Gasteiger partial charge in [-0.1, -0.05) is 17.3 Å². The fraction of sp³-hybridized carbons (Fsp3) is 0.300. The summed E-state index contributed by atoms with van der Waals surface area (Å²) in [6.07, 6.45) is 3.75. The lowest BCUT2D eigenvalue weighted by Crippen LogP contribution is -2.35. The van der Waals surface area contributed by atoms with Crippen molar-refractivity contribution in [1.29, 1.82) is 0 Å². The molecule has 8 heteroatoms. The minimum Gasteiger partial charge on any atom is -0.497 e. The molecule has 0 N–H and O–H groups in total. The minimum atomic E-state index is -0.103. The SMILES string of the molecule is COc1cccc(-c2noc3c2CN(C(=O)c2cnc(N(C)C)nc2)CC3)c1. The molecule has 28 heavy (non-hydrogen) atoms. The molecule has 0 unspecified atom stereocenters. The minimum absolute atomic E-state index is 0.103. The van der Waals surface area contributed by atoms with Crippen molar-refractivity contribution in [3.05, 3.63) is 53.5 Å². The number of aromatic nitrogens is 3. The van der Waals surface area contributed by atoms with E-state index in [0.29, 0.717) is 31.0 Å². The highest BCUT2D eigenvalue weighted by molar-refractivity contribution is 5.94. The second-order valence-corrected chi connectivity index (χ2v) is 6.81. The molecule has 0 fully saturated rings. The summed E-state index contributed by atoms with van der Waals surface area (Å²) in [5.74, 6) is 2.03. The van der Waals surface area contributed by atoms with E-state index in [1.165, 1.54) is 0 Å². The molecule has 1 aliphatic rings. The van der Waals surface area contributed by atoms with Crippen molar-refractivity contribution in [2.45, 2.75) is 13.0 Å². The fourth-order valence-electron chi connectivity index (χ4n) is 3.22. The maximum absolute atomic E-state index is 12.9. The average Bonchev–Trinajstić information content (AvgIpc) is 3.16. The van der Waals surface area contributed by atoms with E-state index in [4.69, 9.17) is 9.26 Å². The Kier molecular flexibility index (Phi) is 4.68. The smallest absolute Gasteiger partial charge is 0.257 e. The Morgan fingerprint density at radius 1 is 1.25 bits per heavy atom. The summed E-state index contributed by atoms with van der Waals surface area (Å²) >= 11 is 0. The van der Waals surface area contributed by atoms with Crippen LogP contribution in [0.25, 0.3) is 11.3 Å². The Bertz CT molecular complexity index is 997. The number of amides is 1. The van der Waals surface area contributed by atoms with Crippen LogP contribution < -0.4 is 9.64 Å². The molecule has 0 saturated heterocycles. The Balaban J connectivity index is 1.59. The summed E-state index contributed by atoms with van der Waals surface area (Å²) in [7, 11) is 5.34. The van der Waals surface area contributed by atoms with E-state index in [9.17, 15) is 4.79 Å². The topological polar surface area (TPSA) is 84.6 Å². The first kappa shape index (κ1) is 18.0. The van der Waals surface area contributed by atoms with E-state index >= 15 is 0 Å². The van der Waals surface area contributed by atoms with E-state index in [2.05, 4.69) is 15.1 Å². The highest BCUT2D eigenvalue weighted by Gasteiger charge is 2.28. The first-order chi connectivity index (χ1) is 13.6. The molecule has 0 spiro atoms. The molecule has 144 valence electrons. The number of ether oxygens (including phenoxy) is 1. The van der Waals surface area contributed by atoms with Crippen molar-refractivity contribution in [3.8, 4) is 17.0 Å². The molecule has 3 aromatic rings. The Morgan fingerprint density at radius 2 is 2.04 bits per heavy atom. The van der Waals surface area contributed by atoms with Crippen molar-refractivity contribution in [2.75, 3.05) is 32.6 Å². The van der Waals surface area contributed by atoms with Crippen LogP contribution in [-0.4, -0.2) is 53.7 Å². The van der Waals surface area contributed by atoms with Crippen LogP contribution in [0.5, 0.6) is 5.75 Å². The monoisotopic (exact) mass is 379 g/mol. The number of methoxy groups -OCH3 is 1. The van der Waals surface area contributed by atoms with Crippen LogP contribution in [0.2, 0.25) is 0 Å². The van der Waals surface area contributed by atoms with Gasteiger partial charge in [-0.25, -0.2) is 9.97 Å². The van der Waals surface area contributed by atoms with Crippen LogP contribution >= 0.6 is 0 Å². The molecule has 1 aromatic carbocycles. The Hall–Kier alpha value is -3.42. The third-order valence-corrected chi connectivity index (χ3v) is 4.74. The molecule has 0 bridgehead atoms. The lowest BCUT2D eigenvalue weighted by Gasteiger charge is -2.26. The maximum Gasteiger partial charge on any atom is 0.257 e. The summed E-state index contributed by atoms with van der Waals surface area (Å²) in [6, 6.07) is 7.65. The number of anilines is 1. The molecule has 1 amide bonds. The molecule has 3 heterocycles. The number of nitrogens with zero attached hydrogens (tertiary/aromatic N) is 5. The van der Waals surface area contributed by atoms with Crippen molar-refractivity contribution in [2.24, 2.45) is 0 Å². The second-order valence-electron chi connectivity index (χ2n) is 6.81. The van der Waals surface area contributed by atoms with Gasteiger partial charge in [0.25, 0.3) is 5.91 Å². The molecular formula is C20H21N5O3. The largest absolute Gasteiger partial charge is 0.497 e. The van der Waals surface area contributed by atoms with Crippen LogP contribution in [0.4, 0.5) is 5.95 Å². The molecule has 4 rings (SSSR count). The van der Waals surface area contributed by atoms with E-state index in [-0.39, 0.29) is 5.91 Å². The van der Waals surface area contributed by atoms with Crippen molar-refractivity contribution in [1.82, 2.24) is 20.0 Å². The summed E-state index contributed by atoms with van der Waals surface area (Å²) in [6.45, 7) is 0.994. The standard InChI is InChI=1S/C20H21N5O3/c1-24(2)20-21-10-14(11-22-20)19(26)25-8-7-17-16(12-25)18(23-28-17)13-5-4-6-15(9-13)27-3/h4-6,9-11H,7-8,12H2,1-3H3. The molecule has 0 aliphatic carbocycles. The van der Waals surface area contributed by atoms with Gasteiger partial charge in [-0.2, -0.15) is 0 Å². The van der Waals surface area contributed by atoms with Crippen LogP contribution in [0.15, 0.2) is 41.2 Å².